The number of benzene rings is 2. The fourth-order valence-corrected chi connectivity index (χ4v) is 2.99. The third-order valence-corrected chi connectivity index (χ3v) is 4.43. The van der Waals surface area contributed by atoms with Gasteiger partial charge in [-0.2, -0.15) is 18.2 Å². The average Bonchev–Trinajstić information content (AvgIpc) is 3.19. The molecule has 3 rings (SSSR count). The monoisotopic (exact) mass is 417 g/mol. The van der Waals surface area contributed by atoms with Crippen LogP contribution in [0.25, 0.3) is 11.4 Å². The van der Waals surface area contributed by atoms with Crippen LogP contribution in [-0.4, -0.2) is 34.0 Å². The topological polar surface area (TPSA) is 59.2 Å². The van der Waals surface area contributed by atoms with Gasteiger partial charge in [0.1, 0.15) is 0 Å². The van der Waals surface area contributed by atoms with Gasteiger partial charge in [-0.1, -0.05) is 49.3 Å². The first kappa shape index (κ1) is 21.5. The van der Waals surface area contributed by atoms with Crippen LogP contribution >= 0.6 is 0 Å². The number of aromatic nitrogens is 2. The van der Waals surface area contributed by atoms with Crippen molar-refractivity contribution in [2.45, 2.75) is 26.4 Å². The van der Waals surface area contributed by atoms with E-state index in [-0.39, 0.29) is 17.4 Å². The molecule has 30 heavy (non-hydrogen) atoms. The Morgan fingerprint density at radius 2 is 1.73 bits per heavy atom. The third-order valence-electron chi connectivity index (χ3n) is 4.43. The van der Waals surface area contributed by atoms with Gasteiger partial charge in [0, 0.05) is 30.6 Å². The summed E-state index contributed by atoms with van der Waals surface area (Å²) in [7, 11) is 0. The molecule has 3 aromatic rings. The summed E-state index contributed by atoms with van der Waals surface area (Å²) in [6.07, 6.45) is -4.09. The third kappa shape index (κ3) is 5.46. The molecule has 0 N–H and O–H groups in total. The van der Waals surface area contributed by atoms with Crippen LogP contribution in [0.4, 0.5) is 13.2 Å². The van der Waals surface area contributed by atoms with E-state index in [1.165, 1.54) is 12.1 Å². The highest BCUT2D eigenvalue weighted by molar-refractivity contribution is 5.94. The summed E-state index contributed by atoms with van der Waals surface area (Å²) in [5.41, 5.74) is 0.250. The Bertz CT molecular complexity index is 967. The largest absolute Gasteiger partial charge is 0.416 e. The molecule has 0 aliphatic rings. The predicted molar refractivity (Wildman–Crippen MR) is 106 cm³/mol. The Balaban J connectivity index is 1.70. The lowest BCUT2D eigenvalue weighted by molar-refractivity contribution is -0.137. The lowest BCUT2D eigenvalue weighted by Crippen LogP contribution is -2.36. The normalized spacial score (nSPS) is 11.7. The number of nitrogens with zero attached hydrogens (tertiary/aromatic N) is 3. The summed E-state index contributed by atoms with van der Waals surface area (Å²) in [5, 5.41) is 3.96. The summed E-state index contributed by atoms with van der Waals surface area (Å²) in [6.45, 7) is 4.70. The second-order valence-corrected chi connectivity index (χ2v) is 7.35. The standard InChI is InChI=1S/C22H22F3N3O2/c1-15(2)14-28(21(29)17-8-10-18(11-9-17)22(23,24)25)13-12-19-26-20(27-30-19)16-6-4-3-5-7-16/h3-11,15H,12-14H2,1-2H3. The van der Waals surface area contributed by atoms with Gasteiger partial charge in [0.05, 0.1) is 5.56 Å². The zero-order valence-corrected chi connectivity index (χ0v) is 16.7. The minimum atomic E-state index is -4.44. The van der Waals surface area contributed by atoms with Crippen molar-refractivity contribution in [2.75, 3.05) is 13.1 Å². The zero-order chi connectivity index (χ0) is 21.7. The Morgan fingerprint density at radius 3 is 2.33 bits per heavy atom. The van der Waals surface area contributed by atoms with Gasteiger partial charge in [-0.3, -0.25) is 4.79 Å². The summed E-state index contributed by atoms with van der Waals surface area (Å²) in [4.78, 5) is 18.8. The smallest absolute Gasteiger partial charge is 0.339 e. The van der Waals surface area contributed by atoms with Crippen LogP contribution in [0.5, 0.6) is 0 Å². The van der Waals surface area contributed by atoms with E-state index in [9.17, 15) is 18.0 Å². The quantitative estimate of drug-likeness (QED) is 0.537. The van der Waals surface area contributed by atoms with Crippen LogP contribution in [0.3, 0.4) is 0 Å². The molecular weight excluding hydrogens is 395 g/mol. The fourth-order valence-electron chi connectivity index (χ4n) is 2.99. The second kappa shape index (κ2) is 9.11. The second-order valence-electron chi connectivity index (χ2n) is 7.35. The van der Waals surface area contributed by atoms with Crippen LogP contribution in [0.15, 0.2) is 59.1 Å². The Labute approximate surface area is 172 Å². The van der Waals surface area contributed by atoms with E-state index in [2.05, 4.69) is 10.1 Å². The van der Waals surface area contributed by atoms with Crippen LogP contribution in [0, 0.1) is 5.92 Å². The molecule has 0 fully saturated rings. The molecule has 158 valence electrons. The summed E-state index contributed by atoms with van der Waals surface area (Å²) < 4.78 is 43.6. The minimum Gasteiger partial charge on any atom is -0.339 e. The van der Waals surface area contributed by atoms with Gasteiger partial charge < -0.3 is 9.42 Å². The molecule has 1 heterocycles. The molecule has 2 aromatic carbocycles. The highest BCUT2D eigenvalue weighted by Gasteiger charge is 2.30. The Kier molecular flexibility index (Phi) is 6.54. The van der Waals surface area contributed by atoms with Crippen molar-refractivity contribution in [2.24, 2.45) is 5.92 Å². The van der Waals surface area contributed by atoms with Gasteiger partial charge >= 0.3 is 6.18 Å². The van der Waals surface area contributed by atoms with Gasteiger partial charge in [-0.25, -0.2) is 0 Å². The number of halogens is 3. The van der Waals surface area contributed by atoms with Crippen molar-refractivity contribution in [3.05, 3.63) is 71.6 Å². The number of rotatable bonds is 7. The van der Waals surface area contributed by atoms with E-state index in [0.717, 1.165) is 17.7 Å². The van der Waals surface area contributed by atoms with Gasteiger partial charge in [-0.05, 0) is 30.2 Å². The van der Waals surface area contributed by atoms with Crippen LogP contribution in [0.1, 0.15) is 35.7 Å². The van der Waals surface area contributed by atoms with E-state index in [0.29, 0.717) is 31.2 Å². The SMILES string of the molecule is CC(C)CN(CCc1nc(-c2ccccc2)no1)C(=O)c1ccc(C(F)(F)F)cc1. The lowest BCUT2D eigenvalue weighted by atomic mass is 10.1. The van der Waals surface area contributed by atoms with Crippen LogP contribution < -0.4 is 0 Å². The molecule has 0 unspecified atom stereocenters. The lowest BCUT2D eigenvalue weighted by Gasteiger charge is -2.24. The highest BCUT2D eigenvalue weighted by atomic mass is 19.4. The first-order chi connectivity index (χ1) is 14.2. The molecule has 0 saturated carbocycles. The molecule has 1 amide bonds. The molecule has 0 atom stereocenters. The molecule has 0 radical (unpaired) electrons. The maximum absolute atomic E-state index is 12.9. The molecule has 5 nitrogen and oxygen atoms in total. The number of hydrogen-bond donors (Lipinski definition) is 0. The van der Waals surface area contributed by atoms with Crippen molar-refractivity contribution < 1.29 is 22.5 Å². The molecule has 0 saturated heterocycles. The van der Waals surface area contributed by atoms with Crippen molar-refractivity contribution in [3.8, 4) is 11.4 Å². The number of carbonyl (C=O) groups is 1. The molecular formula is C22H22F3N3O2. The molecule has 1 aromatic heterocycles. The van der Waals surface area contributed by atoms with E-state index < -0.39 is 11.7 Å². The van der Waals surface area contributed by atoms with Crippen molar-refractivity contribution in [1.29, 1.82) is 0 Å². The molecule has 0 aliphatic heterocycles. The van der Waals surface area contributed by atoms with Crippen molar-refractivity contribution in [3.63, 3.8) is 0 Å². The molecule has 0 bridgehead atoms. The predicted octanol–water partition coefficient (Wildman–Crippen LogP) is 5.10. The summed E-state index contributed by atoms with van der Waals surface area (Å²) in [6, 6.07) is 13.6. The number of hydrogen-bond acceptors (Lipinski definition) is 4. The van der Waals surface area contributed by atoms with E-state index in [1.54, 1.807) is 4.90 Å². The van der Waals surface area contributed by atoms with E-state index in [1.807, 2.05) is 44.2 Å². The summed E-state index contributed by atoms with van der Waals surface area (Å²) in [5.74, 6) is 0.712. The Morgan fingerprint density at radius 1 is 1.07 bits per heavy atom. The minimum absolute atomic E-state index is 0.186. The van der Waals surface area contributed by atoms with Crippen LogP contribution in [0.2, 0.25) is 0 Å². The molecule has 8 heteroatoms. The van der Waals surface area contributed by atoms with Gasteiger partial charge in [0.2, 0.25) is 11.7 Å². The molecule has 0 spiro atoms. The number of alkyl halides is 3. The van der Waals surface area contributed by atoms with Gasteiger partial charge in [-0.15, -0.1) is 0 Å². The number of amides is 1. The zero-order valence-electron chi connectivity index (χ0n) is 16.7. The first-order valence-electron chi connectivity index (χ1n) is 9.58. The maximum Gasteiger partial charge on any atom is 0.416 e. The first-order valence-corrected chi connectivity index (χ1v) is 9.58. The summed E-state index contributed by atoms with van der Waals surface area (Å²) >= 11 is 0. The van der Waals surface area contributed by atoms with Crippen molar-refractivity contribution in [1.82, 2.24) is 15.0 Å². The van der Waals surface area contributed by atoms with Crippen molar-refractivity contribution >= 4 is 5.91 Å². The van der Waals surface area contributed by atoms with E-state index in [4.69, 9.17) is 4.52 Å². The molecule has 0 aliphatic carbocycles. The average molecular weight is 417 g/mol. The van der Waals surface area contributed by atoms with Gasteiger partial charge in [0.15, 0.2) is 0 Å². The maximum atomic E-state index is 12.9. The van der Waals surface area contributed by atoms with Gasteiger partial charge in [0.25, 0.3) is 5.91 Å². The number of carbonyl (C=O) groups excluding carboxylic acids is 1. The van der Waals surface area contributed by atoms with Crippen LogP contribution in [-0.2, 0) is 12.6 Å². The van der Waals surface area contributed by atoms with E-state index >= 15 is 0 Å². The highest BCUT2D eigenvalue weighted by Crippen LogP contribution is 2.29. The fraction of sp³-hybridized carbons (Fsp3) is 0.318. The Hall–Kier alpha value is -3.16.